The lowest BCUT2D eigenvalue weighted by molar-refractivity contribution is -0.119. The van der Waals surface area contributed by atoms with Crippen molar-refractivity contribution in [1.29, 1.82) is 0 Å². The van der Waals surface area contributed by atoms with Crippen molar-refractivity contribution in [2.24, 2.45) is 0 Å². The molecule has 0 spiro atoms. The minimum absolute atomic E-state index is 0.104. The van der Waals surface area contributed by atoms with Gasteiger partial charge in [-0.25, -0.2) is 8.42 Å². The van der Waals surface area contributed by atoms with Gasteiger partial charge in [-0.2, -0.15) is 0 Å². The molecule has 0 unspecified atom stereocenters. The second-order valence-corrected chi connectivity index (χ2v) is 8.35. The van der Waals surface area contributed by atoms with E-state index in [1.807, 2.05) is 0 Å². The van der Waals surface area contributed by atoms with E-state index >= 15 is 0 Å². The summed E-state index contributed by atoms with van der Waals surface area (Å²) in [6.07, 6.45) is 4.19. The van der Waals surface area contributed by atoms with Gasteiger partial charge in [-0.3, -0.25) is 4.79 Å². The Morgan fingerprint density at radius 2 is 1.77 bits per heavy atom. The molecule has 2 fully saturated rings. The van der Waals surface area contributed by atoms with E-state index in [0.29, 0.717) is 12.1 Å². The molecule has 5 nitrogen and oxygen atoms in total. The van der Waals surface area contributed by atoms with E-state index < -0.39 is 21.5 Å². The Morgan fingerprint density at radius 3 is 2.36 bits per heavy atom. The van der Waals surface area contributed by atoms with Gasteiger partial charge in [0.25, 0.3) is 0 Å². The molecule has 6 heteroatoms. The SMILES string of the molecule is CN1[C@@H]2CC[C@@H]1CC(NC(=O)CS(=O)(=O)c1ccccc1)C2. The number of carbonyl (C=O) groups excluding carboxylic acids is 1. The highest BCUT2D eigenvalue weighted by atomic mass is 32.2. The van der Waals surface area contributed by atoms with Crippen molar-refractivity contribution in [2.45, 2.75) is 48.7 Å². The molecule has 3 rings (SSSR count). The summed E-state index contributed by atoms with van der Waals surface area (Å²) in [5.41, 5.74) is 0. The highest BCUT2D eigenvalue weighted by Crippen LogP contribution is 2.34. The number of rotatable bonds is 4. The average molecular weight is 322 g/mol. The number of benzene rings is 1. The first-order valence-corrected chi connectivity index (χ1v) is 9.40. The molecule has 120 valence electrons. The minimum atomic E-state index is -3.55. The van der Waals surface area contributed by atoms with E-state index in [2.05, 4.69) is 17.3 Å². The molecule has 2 aliphatic rings. The molecule has 1 aromatic rings. The van der Waals surface area contributed by atoms with Gasteiger partial charge in [0.05, 0.1) is 4.90 Å². The van der Waals surface area contributed by atoms with Crippen molar-refractivity contribution in [2.75, 3.05) is 12.8 Å². The number of nitrogens with zero attached hydrogens (tertiary/aromatic N) is 1. The standard InChI is InChI=1S/C16H22N2O3S/c1-18-13-7-8-14(18)10-12(9-13)17-16(19)11-22(20,21)15-5-3-2-4-6-15/h2-6,12-14H,7-11H2,1H3,(H,17,19)/t13-,14-/m1/s1. The van der Waals surface area contributed by atoms with Crippen LogP contribution in [0.4, 0.5) is 0 Å². The lowest BCUT2D eigenvalue weighted by Gasteiger charge is -2.36. The normalized spacial score (nSPS) is 28.5. The number of sulfone groups is 1. The molecular weight excluding hydrogens is 300 g/mol. The van der Waals surface area contributed by atoms with Gasteiger partial charge in [0.1, 0.15) is 5.75 Å². The van der Waals surface area contributed by atoms with Gasteiger partial charge in [0.15, 0.2) is 9.84 Å². The predicted molar refractivity (Wildman–Crippen MR) is 84.2 cm³/mol. The van der Waals surface area contributed by atoms with Gasteiger partial charge in [-0.05, 0) is 44.9 Å². The first kappa shape index (κ1) is 15.5. The summed E-state index contributed by atoms with van der Waals surface area (Å²) < 4.78 is 24.4. The summed E-state index contributed by atoms with van der Waals surface area (Å²) in [5.74, 6) is -0.864. The number of hydrogen-bond donors (Lipinski definition) is 1. The molecule has 0 saturated carbocycles. The second-order valence-electron chi connectivity index (χ2n) is 6.36. The molecule has 1 amide bonds. The second kappa shape index (κ2) is 6.01. The fourth-order valence-corrected chi connectivity index (χ4v) is 4.85. The van der Waals surface area contributed by atoms with Crippen LogP contribution in [0.25, 0.3) is 0 Å². The van der Waals surface area contributed by atoms with Gasteiger partial charge >= 0.3 is 0 Å². The fourth-order valence-electron chi connectivity index (χ4n) is 3.68. The summed E-state index contributed by atoms with van der Waals surface area (Å²) in [6.45, 7) is 0. The molecule has 0 radical (unpaired) electrons. The molecule has 0 aromatic heterocycles. The summed E-state index contributed by atoms with van der Waals surface area (Å²) >= 11 is 0. The molecular formula is C16H22N2O3S. The van der Waals surface area contributed by atoms with Gasteiger partial charge in [-0.15, -0.1) is 0 Å². The van der Waals surface area contributed by atoms with Crippen LogP contribution in [0.3, 0.4) is 0 Å². The van der Waals surface area contributed by atoms with Crippen LogP contribution in [0, 0.1) is 0 Å². The molecule has 2 bridgehead atoms. The quantitative estimate of drug-likeness (QED) is 0.904. The van der Waals surface area contributed by atoms with Gasteiger partial charge in [0.2, 0.25) is 5.91 Å². The van der Waals surface area contributed by atoms with Crippen molar-refractivity contribution in [3.8, 4) is 0 Å². The summed E-state index contributed by atoms with van der Waals surface area (Å²) in [7, 11) is -1.42. The van der Waals surface area contributed by atoms with Crippen molar-refractivity contribution >= 4 is 15.7 Å². The highest BCUT2D eigenvalue weighted by molar-refractivity contribution is 7.92. The van der Waals surface area contributed by atoms with Crippen molar-refractivity contribution in [1.82, 2.24) is 10.2 Å². The Hall–Kier alpha value is -1.40. The zero-order chi connectivity index (χ0) is 15.7. The van der Waals surface area contributed by atoms with Crippen molar-refractivity contribution < 1.29 is 13.2 Å². The Kier molecular flexibility index (Phi) is 4.23. The van der Waals surface area contributed by atoms with Crippen LogP contribution < -0.4 is 5.32 Å². The van der Waals surface area contributed by atoms with Crippen LogP contribution in [-0.4, -0.2) is 50.2 Å². The van der Waals surface area contributed by atoms with Crippen LogP contribution >= 0.6 is 0 Å². The zero-order valence-corrected chi connectivity index (χ0v) is 13.6. The van der Waals surface area contributed by atoms with E-state index in [1.54, 1.807) is 18.2 Å². The van der Waals surface area contributed by atoms with E-state index in [-0.39, 0.29) is 10.9 Å². The molecule has 2 saturated heterocycles. The third-order valence-electron chi connectivity index (χ3n) is 4.89. The van der Waals surface area contributed by atoms with Crippen molar-refractivity contribution in [3.63, 3.8) is 0 Å². The number of nitrogens with one attached hydrogen (secondary N) is 1. The van der Waals surface area contributed by atoms with Crippen LogP contribution in [0.15, 0.2) is 35.2 Å². The third-order valence-corrected chi connectivity index (χ3v) is 6.52. The molecule has 2 heterocycles. The Labute approximate surface area is 131 Å². The summed E-state index contributed by atoms with van der Waals surface area (Å²) in [4.78, 5) is 14.7. The van der Waals surface area contributed by atoms with Gasteiger partial charge < -0.3 is 10.2 Å². The third kappa shape index (κ3) is 3.17. The summed E-state index contributed by atoms with van der Waals surface area (Å²) in [6, 6.07) is 9.29. The van der Waals surface area contributed by atoms with E-state index in [1.165, 1.54) is 25.0 Å². The van der Waals surface area contributed by atoms with E-state index in [0.717, 1.165) is 12.8 Å². The van der Waals surface area contributed by atoms with E-state index in [4.69, 9.17) is 0 Å². The van der Waals surface area contributed by atoms with Crippen LogP contribution in [0.5, 0.6) is 0 Å². The topological polar surface area (TPSA) is 66.5 Å². The van der Waals surface area contributed by atoms with Crippen LogP contribution in [0.2, 0.25) is 0 Å². The maximum absolute atomic E-state index is 12.2. The monoisotopic (exact) mass is 322 g/mol. The lowest BCUT2D eigenvalue weighted by atomic mass is 9.98. The Bertz CT molecular complexity index is 631. The minimum Gasteiger partial charge on any atom is -0.352 e. The maximum Gasteiger partial charge on any atom is 0.235 e. The van der Waals surface area contributed by atoms with E-state index in [9.17, 15) is 13.2 Å². The Balaban J connectivity index is 1.59. The first-order chi connectivity index (χ1) is 10.5. The maximum atomic E-state index is 12.2. The zero-order valence-electron chi connectivity index (χ0n) is 12.7. The highest BCUT2D eigenvalue weighted by Gasteiger charge is 2.39. The molecule has 0 aliphatic carbocycles. The molecule has 22 heavy (non-hydrogen) atoms. The van der Waals surface area contributed by atoms with Gasteiger partial charge in [-0.1, -0.05) is 18.2 Å². The smallest absolute Gasteiger partial charge is 0.235 e. The fraction of sp³-hybridized carbons (Fsp3) is 0.562. The lowest BCUT2D eigenvalue weighted by Crippen LogP contribution is -2.49. The molecule has 1 N–H and O–H groups in total. The molecule has 2 aliphatic heterocycles. The average Bonchev–Trinajstić information content (AvgIpc) is 2.70. The number of carbonyl (C=O) groups is 1. The number of hydrogen-bond acceptors (Lipinski definition) is 4. The summed E-state index contributed by atoms with van der Waals surface area (Å²) in [5, 5.41) is 2.92. The van der Waals surface area contributed by atoms with Crippen molar-refractivity contribution in [3.05, 3.63) is 30.3 Å². The number of piperidine rings is 1. The molecule has 2 atom stereocenters. The van der Waals surface area contributed by atoms with Gasteiger partial charge in [0, 0.05) is 18.1 Å². The Morgan fingerprint density at radius 1 is 1.18 bits per heavy atom. The largest absolute Gasteiger partial charge is 0.352 e. The number of fused-ring (bicyclic) bond motifs is 2. The van der Waals surface area contributed by atoms with Crippen LogP contribution in [0.1, 0.15) is 25.7 Å². The first-order valence-electron chi connectivity index (χ1n) is 7.75. The number of amides is 1. The van der Waals surface area contributed by atoms with Crippen LogP contribution in [-0.2, 0) is 14.6 Å². The predicted octanol–water partition coefficient (Wildman–Crippen LogP) is 1.20. The molecule has 1 aromatic carbocycles.